The fourth-order valence-electron chi connectivity index (χ4n) is 1.35. The maximum atomic E-state index is 10.8. The van der Waals surface area contributed by atoms with Gasteiger partial charge in [0.15, 0.2) is 0 Å². The highest BCUT2D eigenvalue weighted by Gasteiger charge is 2.14. The summed E-state index contributed by atoms with van der Waals surface area (Å²) in [6.07, 6.45) is 1.38. The first-order valence-electron chi connectivity index (χ1n) is 4.85. The number of carbonyl (C=O) groups is 1. The largest absolute Gasteiger partial charge is 0.475 e. The molecule has 3 nitrogen and oxygen atoms in total. The van der Waals surface area contributed by atoms with Gasteiger partial charge in [-0.15, -0.1) is 11.8 Å². The Kier molecular flexibility index (Phi) is 3.76. The maximum absolute atomic E-state index is 10.8. The molecule has 1 aromatic carbocycles. The van der Waals surface area contributed by atoms with E-state index in [0.29, 0.717) is 16.3 Å². The van der Waals surface area contributed by atoms with Crippen molar-refractivity contribution in [1.82, 2.24) is 0 Å². The minimum Gasteiger partial charge on any atom is -0.475 e. The number of rotatable bonds is 4. The van der Waals surface area contributed by atoms with Crippen LogP contribution in [0.25, 0.3) is 0 Å². The molecule has 0 bridgehead atoms. The molecule has 1 heterocycles. The van der Waals surface area contributed by atoms with Crippen LogP contribution in [0.2, 0.25) is 5.02 Å². The third-order valence-electron chi connectivity index (χ3n) is 2.16. The van der Waals surface area contributed by atoms with Gasteiger partial charge in [-0.25, -0.2) is 4.79 Å². The number of halogens is 1. The standard InChI is InChI=1S/C12H9ClO3S/c13-9-3-1-2-4-10(9)17-7-8-5-6-16-11(8)12(14)15/h1-6H,7H2,(H,14,15). The minimum absolute atomic E-state index is 0.00967. The number of carboxylic acids is 1. The number of furan rings is 1. The summed E-state index contributed by atoms with van der Waals surface area (Å²) in [5.74, 6) is -0.545. The lowest BCUT2D eigenvalue weighted by Crippen LogP contribution is -1.97. The fourth-order valence-corrected chi connectivity index (χ4v) is 2.57. The molecule has 0 aliphatic rings. The molecule has 1 N–H and O–H groups in total. The SMILES string of the molecule is O=C(O)c1occc1CSc1ccccc1Cl. The van der Waals surface area contributed by atoms with Crippen LogP contribution in [-0.2, 0) is 5.75 Å². The highest BCUT2D eigenvalue weighted by molar-refractivity contribution is 7.98. The molecule has 2 aromatic rings. The highest BCUT2D eigenvalue weighted by atomic mass is 35.5. The molecule has 88 valence electrons. The summed E-state index contributed by atoms with van der Waals surface area (Å²) in [5, 5.41) is 9.54. The Balaban J connectivity index is 2.10. The lowest BCUT2D eigenvalue weighted by Gasteiger charge is -2.02. The van der Waals surface area contributed by atoms with E-state index in [4.69, 9.17) is 21.1 Å². The van der Waals surface area contributed by atoms with E-state index in [9.17, 15) is 4.79 Å². The molecule has 0 aliphatic carbocycles. The summed E-state index contributed by atoms with van der Waals surface area (Å²) in [6, 6.07) is 9.10. The van der Waals surface area contributed by atoms with E-state index in [-0.39, 0.29) is 5.76 Å². The Morgan fingerprint density at radius 1 is 1.35 bits per heavy atom. The average Bonchev–Trinajstić information content (AvgIpc) is 2.76. The van der Waals surface area contributed by atoms with Gasteiger partial charge in [-0.3, -0.25) is 0 Å². The third-order valence-corrected chi connectivity index (χ3v) is 3.72. The van der Waals surface area contributed by atoms with Crippen LogP contribution in [0.5, 0.6) is 0 Å². The lowest BCUT2D eigenvalue weighted by molar-refractivity contribution is 0.0661. The van der Waals surface area contributed by atoms with Crippen molar-refractivity contribution < 1.29 is 14.3 Å². The summed E-state index contributed by atoms with van der Waals surface area (Å²) >= 11 is 7.49. The van der Waals surface area contributed by atoms with E-state index < -0.39 is 5.97 Å². The van der Waals surface area contributed by atoms with Gasteiger partial charge in [-0.2, -0.15) is 0 Å². The summed E-state index contributed by atoms with van der Waals surface area (Å²) in [5.41, 5.74) is 0.655. The topological polar surface area (TPSA) is 50.4 Å². The smallest absolute Gasteiger partial charge is 0.372 e. The molecular weight excluding hydrogens is 260 g/mol. The van der Waals surface area contributed by atoms with Crippen LogP contribution in [0.1, 0.15) is 16.1 Å². The second-order valence-electron chi connectivity index (χ2n) is 3.30. The zero-order valence-corrected chi connectivity index (χ0v) is 10.3. The van der Waals surface area contributed by atoms with Gasteiger partial charge in [-0.1, -0.05) is 23.7 Å². The van der Waals surface area contributed by atoms with E-state index in [0.717, 1.165) is 4.90 Å². The second kappa shape index (κ2) is 5.29. The van der Waals surface area contributed by atoms with Crippen molar-refractivity contribution in [2.24, 2.45) is 0 Å². The van der Waals surface area contributed by atoms with Crippen LogP contribution < -0.4 is 0 Å². The van der Waals surface area contributed by atoms with Gasteiger partial charge in [0.05, 0.1) is 11.3 Å². The highest BCUT2D eigenvalue weighted by Crippen LogP contribution is 2.30. The lowest BCUT2D eigenvalue weighted by atomic mass is 10.3. The molecule has 0 saturated heterocycles. The Labute approximate surface area is 107 Å². The molecule has 0 aliphatic heterocycles. The molecule has 0 unspecified atom stereocenters. The monoisotopic (exact) mass is 268 g/mol. The number of thioether (sulfide) groups is 1. The Bertz CT molecular complexity index is 536. The number of benzene rings is 1. The van der Waals surface area contributed by atoms with E-state index in [1.807, 2.05) is 18.2 Å². The summed E-state index contributed by atoms with van der Waals surface area (Å²) in [4.78, 5) is 11.8. The normalized spacial score (nSPS) is 10.4. The van der Waals surface area contributed by atoms with Gasteiger partial charge in [-0.05, 0) is 18.2 Å². The molecule has 0 atom stereocenters. The van der Waals surface area contributed by atoms with Gasteiger partial charge in [0.2, 0.25) is 5.76 Å². The first-order valence-corrected chi connectivity index (χ1v) is 6.22. The first-order chi connectivity index (χ1) is 8.18. The van der Waals surface area contributed by atoms with Crippen LogP contribution >= 0.6 is 23.4 Å². The van der Waals surface area contributed by atoms with Crippen molar-refractivity contribution in [1.29, 1.82) is 0 Å². The van der Waals surface area contributed by atoms with Crippen molar-refractivity contribution >= 4 is 29.3 Å². The summed E-state index contributed by atoms with van der Waals surface area (Å²) < 4.78 is 4.90. The van der Waals surface area contributed by atoms with Gasteiger partial charge in [0.1, 0.15) is 0 Å². The predicted molar refractivity (Wildman–Crippen MR) is 66.7 cm³/mol. The Hall–Kier alpha value is -1.39. The van der Waals surface area contributed by atoms with Crippen LogP contribution in [0, 0.1) is 0 Å². The first kappa shape index (κ1) is 12.1. The average molecular weight is 269 g/mol. The molecule has 0 radical (unpaired) electrons. The van der Waals surface area contributed by atoms with Crippen molar-refractivity contribution in [2.45, 2.75) is 10.6 Å². The van der Waals surface area contributed by atoms with Gasteiger partial charge in [0, 0.05) is 16.2 Å². The van der Waals surface area contributed by atoms with E-state index in [1.165, 1.54) is 18.0 Å². The van der Waals surface area contributed by atoms with Crippen molar-refractivity contribution in [3.63, 3.8) is 0 Å². The molecule has 17 heavy (non-hydrogen) atoms. The predicted octanol–water partition coefficient (Wildman–Crippen LogP) is 3.92. The maximum Gasteiger partial charge on any atom is 0.372 e. The number of hydrogen-bond acceptors (Lipinski definition) is 3. The van der Waals surface area contributed by atoms with Crippen LogP contribution in [0.3, 0.4) is 0 Å². The molecular formula is C12H9ClO3S. The zero-order chi connectivity index (χ0) is 12.3. The van der Waals surface area contributed by atoms with Gasteiger partial charge >= 0.3 is 5.97 Å². The van der Waals surface area contributed by atoms with Gasteiger partial charge < -0.3 is 9.52 Å². The van der Waals surface area contributed by atoms with Crippen molar-refractivity contribution in [2.75, 3.05) is 0 Å². The van der Waals surface area contributed by atoms with Crippen LogP contribution in [-0.4, -0.2) is 11.1 Å². The molecule has 2 rings (SSSR count). The summed E-state index contributed by atoms with van der Waals surface area (Å²) in [7, 11) is 0. The molecule has 0 amide bonds. The fraction of sp³-hybridized carbons (Fsp3) is 0.0833. The van der Waals surface area contributed by atoms with E-state index in [1.54, 1.807) is 12.1 Å². The van der Waals surface area contributed by atoms with E-state index in [2.05, 4.69) is 0 Å². The van der Waals surface area contributed by atoms with Crippen LogP contribution in [0.15, 0.2) is 45.9 Å². The zero-order valence-electron chi connectivity index (χ0n) is 8.72. The quantitative estimate of drug-likeness (QED) is 0.854. The summed E-state index contributed by atoms with van der Waals surface area (Å²) in [6.45, 7) is 0. The Morgan fingerprint density at radius 2 is 2.12 bits per heavy atom. The minimum atomic E-state index is -1.05. The molecule has 0 spiro atoms. The number of aromatic carboxylic acids is 1. The Morgan fingerprint density at radius 3 is 2.82 bits per heavy atom. The van der Waals surface area contributed by atoms with Crippen LogP contribution in [0.4, 0.5) is 0 Å². The molecule has 1 aromatic heterocycles. The molecule has 0 saturated carbocycles. The second-order valence-corrected chi connectivity index (χ2v) is 4.72. The van der Waals surface area contributed by atoms with Crippen molar-refractivity contribution in [3.05, 3.63) is 52.9 Å². The van der Waals surface area contributed by atoms with Crippen molar-refractivity contribution in [3.8, 4) is 0 Å². The van der Waals surface area contributed by atoms with Gasteiger partial charge in [0.25, 0.3) is 0 Å². The van der Waals surface area contributed by atoms with E-state index >= 15 is 0 Å². The molecule has 0 fully saturated rings. The number of carboxylic acid groups (broad SMARTS) is 1. The third kappa shape index (κ3) is 2.84. The molecule has 5 heteroatoms. The number of hydrogen-bond donors (Lipinski definition) is 1.